The highest BCUT2D eigenvalue weighted by Gasteiger charge is 2.35. The molecule has 1 atom stereocenters. The summed E-state index contributed by atoms with van der Waals surface area (Å²) in [6.45, 7) is 8.61. The summed E-state index contributed by atoms with van der Waals surface area (Å²) in [6, 6.07) is 0. The molecule has 0 N–H and O–H groups in total. The standard InChI is InChI=1S/C14H27NO5S/c1-13(2,3)20-12(16)15-8-6-7-14(4,11-15)19-9-10-21(5,17)18/h6-11H2,1-5H3. The Morgan fingerprint density at radius 1 is 1.33 bits per heavy atom. The molecule has 0 aromatic carbocycles. The molecule has 0 spiro atoms. The van der Waals surface area contributed by atoms with Crippen molar-refractivity contribution in [3.63, 3.8) is 0 Å². The molecule has 1 fully saturated rings. The number of rotatable bonds is 4. The summed E-state index contributed by atoms with van der Waals surface area (Å²) < 4.78 is 33.4. The van der Waals surface area contributed by atoms with Gasteiger partial charge in [0.2, 0.25) is 0 Å². The van der Waals surface area contributed by atoms with Crippen molar-refractivity contribution in [2.24, 2.45) is 0 Å². The SMILES string of the molecule is CC(C)(C)OC(=O)N1CCCC(C)(OCCS(C)(=O)=O)C1. The molecule has 0 aliphatic carbocycles. The Hall–Kier alpha value is -0.820. The lowest BCUT2D eigenvalue weighted by Crippen LogP contribution is -2.51. The van der Waals surface area contributed by atoms with Crippen molar-refractivity contribution < 1.29 is 22.7 Å². The Balaban J connectivity index is 2.56. The zero-order valence-electron chi connectivity index (χ0n) is 13.6. The number of nitrogens with zero attached hydrogens (tertiary/aromatic N) is 1. The Kier molecular flexibility index (Phi) is 5.66. The van der Waals surface area contributed by atoms with Crippen molar-refractivity contribution in [2.45, 2.75) is 51.7 Å². The summed E-state index contributed by atoms with van der Waals surface area (Å²) in [7, 11) is -3.04. The minimum Gasteiger partial charge on any atom is -0.444 e. The van der Waals surface area contributed by atoms with Crippen LogP contribution in [0.4, 0.5) is 4.79 Å². The smallest absolute Gasteiger partial charge is 0.410 e. The van der Waals surface area contributed by atoms with Gasteiger partial charge in [-0.25, -0.2) is 13.2 Å². The molecule has 1 amide bonds. The van der Waals surface area contributed by atoms with Gasteiger partial charge in [-0.2, -0.15) is 0 Å². The summed E-state index contributed by atoms with van der Waals surface area (Å²) >= 11 is 0. The van der Waals surface area contributed by atoms with Gasteiger partial charge in [-0.3, -0.25) is 0 Å². The van der Waals surface area contributed by atoms with Gasteiger partial charge in [-0.15, -0.1) is 0 Å². The fraction of sp³-hybridized carbons (Fsp3) is 0.929. The maximum atomic E-state index is 12.1. The van der Waals surface area contributed by atoms with Crippen LogP contribution in [0.25, 0.3) is 0 Å². The second kappa shape index (κ2) is 6.52. The molecule has 124 valence electrons. The average molecular weight is 321 g/mol. The molecule has 1 saturated heterocycles. The molecule has 1 rings (SSSR count). The number of carbonyl (C=O) groups excluding carboxylic acids is 1. The molecule has 1 aliphatic heterocycles. The largest absolute Gasteiger partial charge is 0.444 e. The third-order valence-corrected chi connectivity index (χ3v) is 4.12. The van der Waals surface area contributed by atoms with Gasteiger partial charge in [0.1, 0.15) is 15.4 Å². The van der Waals surface area contributed by atoms with Crippen LogP contribution < -0.4 is 0 Å². The van der Waals surface area contributed by atoms with Crippen LogP contribution in [0, 0.1) is 0 Å². The highest BCUT2D eigenvalue weighted by molar-refractivity contribution is 7.90. The minimum atomic E-state index is -3.04. The fourth-order valence-corrected chi connectivity index (χ4v) is 2.63. The van der Waals surface area contributed by atoms with Gasteiger partial charge >= 0.3 is 6.09 Å². The summed E-state index contributed by atoms with van der Waals surface area (Å²) in [5.41, 5.74) is -1.04. The van der Waals surface area contributed by atoms with Crippen LogP contribution in [0.1, 0.15) is 40.5 Å². The third kappa shape index (κ3) is 7.13. The molecule has 7 heteroatoms. The Bertz CT molecular complexity index is 468. The molecule has 1 heterocycles. The van der Waals surface area contributed by atoms with E-state index in [-0.39, 0.29) is 18.5 Å². The molecule has 1 aliphatic rings. The molecule has 0 radical (unpaired) electrons. The van der Waals surface area contributed by atoms with Crippen LogP contribution in [0.5, 0.6) is 0 Å². The van der Waals surface area contributed by atoms with E-state index in [1.165, 1.54) is 6.26 Å². The van der Waals surface area contributed by atoms with Crippen molar-refractivity contribution in [3.05, 3.63) is 0 Å². The van der Waals surface area contributed by atoms with Crippen LogP contribution in [-0.4, -0.2) is 62.3 Å². The minimum absolute atomic E-state index is 0.00493. The van der Waals surface area contributed by atoms with Gasteiger partial charge in [0, 0.05) is 12.8 Å². The first-order valence-corrected chi connectivity index (χ1v) is 9.26. The summed E-state index contributed by atoms with van der Waals surface area (Å²) in [4.78, 5) is 13.7. The quantitative estimate of drug-likeness (QED) is 0.790. The molecule has 0 aromatic rings. The lowest BCUT2D eigenvalue weighted by molar-refractivity contribution is -0.0747. The number of carbonyl (C=O) groups is 1. The van der Waals surface area contributed by atoms with Crippen molar-refractivity contribution in [1.29, 1.82) is 0 Å². The van der Waals surface area contributed by atoms with Crippen molar-refractivity contribution in [3.8, 4) is 0 Å². The van der Waals surface area contributed by atoms with Crippen molar-refractivity contribution in [2.75, 3.05) is 31.7 Å². The third-order valence-electron chi connectivity index (χ3n) is 3.22. The molecular formula is C14H27NO5S. The summed E-state index contributed by atoms with van der Waals surface area (Å²) in [5, 5.41) is 0. The van der Waals surface area contributed by atoms with E-state index in [0.29, 0.717) is 13.1 Å². The second-order valence-electron chi connectivity index (χ2n) is 6.93. The van der Waals surface area contributed by atoms with Crippen molar-refractivity contribution >= 4 is 15.9 Å². The topological polar surface area (TPSA) is 72.9 Å². The monoisotopic (exact) mass is 321 g/mol. The first kappa shape index (κ1) is 18.2. The number of ether oxygens (including phenoxy) is 2. The van der Waals surface area contributed by atoms with Gasteiger partial charge in [-0.1, -0.05) is 0 Å². The first-order valence-electron chi connectivity index (χ1n) is 7.20. The van der Waals surface area contributed by atoms with Crippen molar-refractivity contribution in [1.82, 2.24) is 4.90 Å². The highest BCUT2D eigenvalue weighted by atomic mass is 32.2. The Labute approximate surface area is 127 Å². The zero-order valence-corrected chi connectivity index (χ0v) is 14.5. The lowest BCUT2D eigenvalue weighted by atomic mass is 9.95. The van der Waals surface area contributed by atoms with Gasteiger partial charge in [0.05, 0.1) is 24.5 Å². The van der Waals surface area contributed by atoms with E-state index >= 15 is 0 Å². The van der Waals surface area contributed by atoms with Gasteiger partial charge in [0.25, 0.3) is 0 Å². The number of hydrogen-bond acceptors (Lipinski definition) is 5. The fourth-order valence-electron chi connectivity index (χ4n) is 2.25. The van der Waals surface area contributed by atoms with Crippen LogP contribution in [-0.2, 0) is 19.3 Å². The Morgan fingerprint density at radius 3 is 2.48 bits per heavy atom. The average Bonchev–Trinajstić information content (AvgIpc) is 2.24. The number of hydrogen-bond donors (Lipinski definition) is 0. The molecule has 0 aromatic heterocycles. The van der Waals surface area contributed by atoms with E-state index in [1.54, 1.807) is 4.90 Å². The Morgan fingerprint density at radius 2 is 1.95 bits per heavy atom. The number of sulfone groups is 1. The van der Waals surface area contributed by atoms with E-state index < -0.39 is 21.0 Å². The van der Waals surface area contributed by atoms with E-state index in [1.807, 2.05) is 27.7 Å². The maximum Gasteiger partial charge on any atom is 0.410 e. The summed E-state index contributed by atoms with van der Waals surface area (Å²) in [5.74, 6) is -0.00493. The van der Waals surface area contributed by atoms with Crippen LogP contribution >= 0.6 is 0 Å². The molecule has 21 heavy (non-hydrogen) atoms. The van der Waals surface area contributed by atoms with Gasteiger partial charge in [0.15, 0.2) is 0 Å². The van der Waals surface area contributed by atoms with E-state index in [9.17, 15) is 13.2 Å². The molecular weight excluding hydrogens is 294 g/mol. The number of amides is 1. The van der Waals surface area contributed by atoms with E-state index in [2.05, 4.69) is 0 Å². The van der Waals surface area contributed by atoms with Crippen LogP contribution in [0.2, 0.25) is 0 Å². The summed E-state index contributed by atoms with van der Waals surface area (Å²) in [6.07, 6.45) is 2.46. The number of likely N-dealkylation sites (tertiary alicyclic amines) is 1. The maximum absolute atomic E-state index is 12.1. The highest BCUT2D eigenvalue weighted by Crippen LogP contribution is 2.26. The van der Waals surface area contributed by atoms with E-state index in [4.69, 9.17) is 9.47 Å². The predicted octanol–water partition coefficient (Wildman–Crippen LogP) is 1.84. The van der Waals surface area contributed by atoms with Crippen LogP contribution in [0.3, 0.4) is 0 Å². The second-order valence-corrected chi connectivity index (χ2v) is 9.19. The van der Waals surface area contributed by atoms with Gasteiger partial charge in [-0.05, 0) is 40.5 Å². The molecule has 1 unspecified atom stereocenters. The molecule has 6 nitrogen and oxygen atoms in total. The molecule has 0 bridgehead atoms. The van der Waals surface area contributed by atoms with Crippen LogP contribution in [0.15, 0.2) is 0 Å². The van der Waals surface area contributed by atoms with E-state index in [0.717, 1.165) is 12.8 Å². The number of piperidine rings is 1. The first-order chi connectivity index (χ1) is 9.40. The molecule has 0 saturated carbocycles. The zero-order chi connectivity index (χ0) is 16.3. The predicted molar refractivity (Wildman–Crippen MR) is 81.1 cm³/mol. The van der Waals surface area contributed by atoms with Gasteiger partial charge < -0.3 is 14.4 Å². The lowest BCUT2D eigenvalue weighted by Gasteiger charge is -2.40. The normalized spacial score (nSPS) is 24.0.